The summed E-state index contributed by atoms with van der Waals surface area (Å²) in [6.07, 6.45) is 3.12. The number of carbonyl (C=O) groups excluding carboxylic acids is 1. The molecule has 3 rings (SSSR count). The lowest BCUT2D eigenvalue weighted by Gasteiger charge is -2.25. The first-order chi connectivity index (χ1) is 10.3. The number of halogens is 1. The molecule has 2 aromatic carbocycles. The first kappa shape index (κ1) is 14.3. The Hall–Kier alpha value is -1.61. The van der Waals surface area contributed by atoms with Gasteiger partial charge in [-0.25, -0.2) is 0 Å². The van der Waals surface area contributed by atoms with E-state index in [9.17, 15) is 4.79 Å². The Morgan fingerprint density at radius 1 is 1.10 bits per heavy atom. The van der Waals surface area contributed by atoms with Crippen LogP contribution in [-0.2, 0) is 6.42 Å². The van der Waals surface area contributed by atoms with Crippen LogP contribution in [0.3, 0.4) is 0 Å². The van der Waals surface area contributed by atoms with Crippen LogP contribution in [0.25, 0.3) is 0 Å². The number of benzene rings is 2. The largest absolute Gasteiger partial charge is 0.335 e. The Balaban J connectivity index is 1.78. The molecule has 1 aliphatic rings. The van der Waals surface area contributed by atoms with Gasteiger partial charge in [0.15, 0.2) is 0 Å². The van der Waals surface area contributed by atoms with Crippen molar-refractivity contribution in [1.29, 1.82) is 0 Å². The third-order valence-electron chi connectivity index (χ3n) is 4.06. The van der Waals surface area contributed by atoms with Crippen molar-refractivity contribution in [1.82, 2.24) is 4.90 Å². The van der Waals surface area contributed by atoms with E-state index in [1.165, 1.54) is 5.56 Å². The van der Waals surface area contributed by atoms with E-state index in [1.54, 1.807) is 0 Å². The zero-order valence-corrected chi connectivity index (χ0v) is 13.4. The number of amides is 1. The fraction of sp³-hybridized carbons (Fsp3) is 0.278. The molecule has 0 spiro atoms. The molecule has 1 amide bonds. The maximum atomic E-state index is 12.8. The number of hydrogen-bond acceptors (Lipinski definition) is 1. The average molecular weight is 344 g/mol. The monoisotopic (exact) mass is 343 g/mol. The normalized spacial score (nSPS) is 18.0. The molecule has 21 heavy (non-hydrogen) atoms. The van der Waals surface area contributed by atoms with Crippen LogP contribution in [-0.4, -0.2) is 23.4 Å². The van der Waals surface area contributed by atoms with Gasteiger partial charge in [-0.15, -0.1) is 0 Å². The highest BCUT2D eigenvalue weighted by Crippen LogP contribution is 2.26. The van der Waals surface area contributed by atoms with Crippen LogP contribution in [0.4, 0.5) is 0 Å². The standard InChI is InChI=1S/C18H18BrNO/c19-17-11-5-4-10-16(17)18(21)20-12-6-9-15(20)13-14-7-2-1-3-8-14/h1-5,7-8,10-11,15H,6,9,12-13H2. The molecule has 0 saturated carbocycles. The summed E-state index contributed by atoms with van der Waals surface area (Å²) in [6, 6.07) is 18.4. The number of carbonyl (C=O) groups is 1. The highest BCUT2D eigenvalue weighted by molar-refractivity contribution is 9.10. The van der Waals surface area contributed by atoms with Crippen molar-refractivity contribution >= 4 is 21.8 Å². The van der Waals surface area contributed by atoms with Gasteiger partial charge in [-0.1, -0.05) is 42.5 Å². The van der Waals surface area contributed by atoms with Gasteiger partial charge in [0, 0.05) is 17.1 Å². The summed E-state index contributed by atoms with van der Waals surface area (Å²) in [7, 11) is 0. The van der Waals surface area contributed by atoms with Crippen molar-refractivity contribution in [3.8, 4) is 0 Å². The Labute approximate surface area is 133 Å². The predicted octanol–water partition coefficient (Wildman–Crippen LogP) is 4.30. The van der Waals surface area contributed by atoms with Crippen LogP contribution in [0.15, 0.2) is 59.1 Å². The summed E-state index contributed by atoms with van der Waals surface area (Å²) in [4.78, 5) is 14.8. The van der Waals surface area contributed by atoms with Crippen molar-refractivity contribution in [3.05, 3.63) is 70.2 Å². The first-order valence-electron chi connectivity index (χ1n) is 7.35. The highest BCUT2D eigenvalue weighted by atomic mass is 79.9. The second kappa shape index (κ2) is 6.44. The van der Waals surface area contributed by atoms with Gasteiger partial charge in [0.1, 0.15) is 0 Å². The fourth-order valence-electron chi connectivity index (χ4n) is 2.99. The van der Waals surface area contributed by atoms with Gasteiger partial charge >= 0.3 is 0 Å². The number of hydrogen-bond donors (Lipinski definition) is 0. The Bertz CT molecular complexity index is 626. The molecule has 1 unspecified atom stereocenters. The minimum absolute atomic E-state index is 0.140. The zero-order valence-electron chi connectivity index (χ0n) is 11.8. The molecule has 1 fully saturated rings. The second-order valence-corrected chi connectivity index (χ2v) is 6.32. The summed E-state index contributed by atoms with van der Waals surface area (Å²) in [6.45, 7) is 0.859. The lowest BCUT2D eigenvalue weighted by molar-refractivity contribution is 0.0735. The van der Waals surface area contributed by atoms with Crippen LogP contribution in [0.5, 0.6) is 0 Å². The maximum absolute atomic E-state index is 12.8. The van der Waals surface area contributed by atoms with Crippen LogP contribution >= 0.6 is 15.9 Å². The Morgan fingerprint density at radius 3 is 2.57 bits per heavy atom. The molecule has 0 N–H and O–H groups in total. The minimum Gasteiger partial charge on any atom is -0.335 e. The van der Waals surface area contributed by atoms with Crippen LogP contribution in [0.1, 0.15) is 28.8 Å². The summed E-state index contributed by atoms with van der Waals surface area (Å²) < 4.78 is 0.875. The summed E-state index contributed by atoms with van der Waals surface area (Å²) >= 11 is 3.48. The molecule has 1 atom stereocenters. The third-order valence-corrected chi connectivity index (χ3v) is 4.75. The van der Waals surface area contributed by atoms with Gasteiger partial charge in [0.25, 0.3) is 5.91 Å². The molecule has 1 aliphatic heterocycles. The van der Waals surface area contributed by atoms with Gasteiger partial charge in [0.2, 0.25) is 0 Å². The molecule has 108 valence electrons. The molecular weight excluding hydrogens is 326 g/mol. The highest BCUT2D eigenvalue weighted by Gasteiger charge is 2.30. The SMILES string of the molecule is O=C(c1ccccc1Br)N1CCCC1Cc1ccccc1. The summed E-state index contributed by atoms with van der Waals surface area (Å²) in [5.74, 6) is 0.140. The van der Waals surface area contributed by atoms with Crippen molar-refractivity contribution in [2.24, 2.45) is 0 Å². The molecule has 2 nitrogen and oxygen atoms in total. The van der Waals surface area contributed by atoms with E-state index in [1.807, 2.05) is 35.2 Å². The fourth-order valence-corrected chi connectivity index (χ4v) is 3.45. The first-order valence-corrected chi connectivity index (χ1v) is 8.14. The number of rotatable bonds is 3. The molecule has 0 radical (unpaired) electrons. The third kappa shape index (κ3) is 3.18. The van der Waals surface area contributed by atoms with Crippen molar-refractivity contribution < 1.29 is 4.79 Å². The van der Waals surface area contributed by atoms with Crippen LogP contribution in [0, 0.1) is 0 Å². The zero-order chi connectivity index (χ0) is 14.7. The van der Waals surface area contributed by atoms with E-state index in [4.69, 9.17) is 0 Å². The van der Waals surface area contributed by atoms with Crippen molar-refractivity contribution in [2.45, 2.75) is 25.3 Å². The van der Waals surface area contributed by atoms with E-state index in [-0.39, 0.29) is 5.91 Å². The van der Waals surface area contributed by atoms with E-state index >= 15 is 0 Å². The van der Waals surface area contributed by atoms with Crippen molar-refractivity contribution in [2.75, 3.05) is 6.54 Å². The van der Waals surface area contributed by atoms with Gasteiger partial charge in [0.05, 0.1) is 5.56 Å². The van der Waals surface area contributed by atoms with Crippen LogP contribution in [0.2, 0.25) is 0 Å². The Morgan fingerprint density at radius 2 is 1.81 bits per heavy atom. The smallest absolute Gasteiger partial charge is 0.255 e. The second-order valence-electron chi connectivity index (χ2n) is 5.46. The molecule has 2 aromatic rings. The average Bonchev–Trinajstić information content (AvgIpc) is 2.96. The van der Waals surface area contributed by atoms with Gasteiger partial charge < -0.3 is 4.90 Å². The number of nitrogens with zero attached hydrogens (tertiary/aromatic N) is 1. The van der Waals surface area contributed by atoms with Gasteiger partial charge in [-0.2, -0.15) is 0 Å². The molecule has 0 bridgehead atoms. The molecular formula is C18H18BrNO. The van der Waals surface area contributed by atoms with E-state index in [0.717, 1.165) is 35.8 Å². The quantitative estimate of drug-likeness (QED) is 0.813. The van der Waals surface area contributed by atoms with E-state index < -0.39 is 0 Å². The summed E-state index contributed by atoms with van der Waals surface area (Å²) in [5.41, 5.74) is 2.06. The molecule has 3 heteroatoms. The topological polar surface area (TPSA) is 20.3 Å². The molecule has 1 saturated heterocycles. The minimum atomic E-state index is 0.140. The maximum Gasteiger partial charge on any atom is 0.255 e. The molecule has 0 aromatic heterocycles. The predicted molar refractivity (Wildman–Crippen MR) is 88.3 cm³/mol. The Kier molecular flexibility index (Phi) is 4.39. The summed E-state index contributed by atoms with van der Waals surface area (Å²) in [5, 5.41) is 0. The molecule has 1 heterocycles. The van der Waals surface area contributed by atoms with E-state index in [0.29, 0.717) is 6.04 Å². The van der Waals surface area contributed by atoms with Crippen LogP contribution < -0.4 is 0 Å². The lowest BCUT2D eigenvalue weighted by Crippen LogP contribution is -2.37. The van der Waals surface area contributed by atoms with E-state index in [2.05, 4.69) is 40.2 Å². The molecule has 0 aliphatic carbocycles. The van der Waals surface area contributed by atoms with Gasteiger partial charge in [-0.3, -0.25) is 4.79 Å². The van der Waals surface area contributed by atoms with Gasteiger partial charge in [-0.05, 0) is 52.9 Å². The number of likely N-dealkylation sites (tertiary alicyclic amines) is 1. The van der Waals surface area contributed by atoms with Crippen molar-refractivity contribution in [3.63, 3.8) is 0 Å². The lowest BCUT2D eigenvalue weighted by atomic mass is 10.0.